The summed E-state index contributed by atoms with van der Waals surface area (Å²) in [5, 5.41) is 10.0. The van der Waals surface area contributed by atoms with E-state index in [2.05, 4.69) is 15.7 Å². The first kappa shape index (κ1) is 17.5. The fourth-order valence-corrected chi connectivity index (χ4v) is 3.53. The molecule has 1 aromatic heterocycles. The van der Waals surface area contributed by atoms with Gasteiger partial charge in [-0.2, -0.15) is 5.10 Å². The number of halogens is 1. The highest BCUT2D eigenvalue weighted by molar-refractivity contribution is 5.89. The fourth-order valence-electron chi connectivity index (χ4n) is 3.53. The van der Waals surface area contributed by atoms with Gasteiger partial charge in [0.25, 0.3) is 0 Å². The summed E-state index contributed by atoms with van der Waals surface area (Å²) >= 11 is 0. The minimum absolute atomic E-state index is 0.0328. The van der Waals surface area contributed by atoms with E-state index in [-0.39, 0.29) is 23.2 Å². The van der Waals surface area contributed by atoms with Crippen molar-refractivity contribution in [3.8, 4) is 0 Å². The lowest BCUT2D eigenvalue weighted by Gasteiger charge is -2.35. The first-order valence-electron chi connectivity index (χ1n) is 9.11. The van der Waals surface area contributed by atoms with Crippen LogP contribution >= 0.6 is 0 Å². The first-order chi connectivity index (χ1) is 13.1. The average molecular weight is 371 g/mol. The number of nitrogens with zero attached hydrogens (tertiary/aromatic N) is 3. The Labute approximate surface area is 156 Å². The summed E-state index contributed by atoms with van der Waals surface area (Å²) in [7, 11) is 0. The topological polar surface area (TPSA) is 79.3 Å². The number of piperazine rings is 1. The smallest absolute Gasteiger partial charge is 0.318 e. The highest BCUT2D eigenvalue weighted by atomic mass is 19.1. The van der Waals surface area contributed by atoms with Crippen LogP contribution in [0.3, 0.4) is 0 Å². The van der Waals surface area contributed by atoms with Gasteiger partial charge in [0.15, 0.2) is 0 Å². The van der Waals surface area contributed by atoms with Crippen LogP contribution < -0.4 is 10.6 Å². The van der Waals surface area contributed by atoms with Gasteiger partial charge < -0.3 is 15.5 Å². The minimum atomic E-state index is -0.749. The van der Waals surface area contributed by atoms with E-state index < -0.39 is 6.04 Å². The van der Waals surface area contributed by atoms with E-state index >= 15 is 0 Å². The molecule has 1 atom stereocenters. The highest BCUT2D eigenvalue weighted by Crippen LogP contribution is 2.46. The molecular formula is C19H22FN5O2. The lowest BCUT2D eigenvalue weighted by atomic mass is 10.0. The molecule has 2 heterocycles. The molecule has 0 radical (unpaired) electrons. The molecule has 2 fully saturated rings. The molecule has 1 saturated carbocycles. The number of carbonyl (C=O) groups is 2. The number of nitrogens with one attached hydrogen (secondary N) is 2. The number of hydrogen-bond donors (Lipinski definition) is 2. The SMILES string of the molecule is O=C1NCCN(C(=O)NCC2(Cn3cccn3)CC2)C1c1ccc(F)cc1. The third-order valence-corrected chi connectivity index (χ3v) is 5.29. The molecule has 7 nitrogen and oxygen atoms in total. The van der Waals surface area contributed by atoms with Crippen LogP contribution in [-0.2, 0) is 11.3 Å². The van der Waals surface area contributed by atoms with Crippen LogP contribution in [0.1, 0.15) is 24.4 Å². The zero-order chi connectivity index (χ0) is 18.9. The molecule has 0 spiro atoms. The Bertz CT molecular complexity index is 817. The summed E-state index contributed by atoms with van der Waals surface area (Å²) in [5.41, 5.74) is 0.631. The second-order valence-electron chi connectivity index (χ2n) is 7.30. The number of hydrogen-bond acceptors (Lipinski definition) is 3. The lowest BCUT2D eigenvalue weighted by Crippen LogP contribution is -2.55. The monoisotopic (exact) mass is 371 g/mol. The summed E-state index contributed by atoms with van der Waals surface area (Å²) in [5.74, 6) is -0.624. The Hall–Kier alpha value is -2.90. The predicted octanol–water partition coefficient (Wildman–Crippen LogP) is 1.69. The Morgan fingerprint density at radius 1 is 1.33 bits per heavy atom. The third-order valence-electron chi connectivity index (χ3n) is 5.29. The van der Waals surface area contributed by atoms with Crippen molar-refractivity contribution in [1.82, 2.24) is 25.3 Å². The van der Waals surface area contributed by atoms with Crippen molar-refractivity contribution < 1.29 is 14.0 Å². The average Bonchev–Trinajstić information content (AvgIpc) is 3.23. The Morgan fingerprint density at radius 3 is 2.78 bits per heavy atom. The van der Waals surface area contributed by atoms with Crippen molar-refractivity contribution in [1.29, 1.82) is 0 Å². The van der Waals surface area contributed by atoms with Crippen molar-refractivity contribution in [2.45, 2.75) is 25.4 Å². The molecule has 1 unspecified atom stereocenters. The van der Waals surface area contributed by atoms with Crippen molar-refractivity contribution in [3.63, 3.8) is 0 Å². The number of carbonyl (C=O) groups excluding carboxylic acids is 2. The van der Waals surface area contributed by atoms with Gasteiger partial charge in [-0.3, -0.25) is 9.48 Å². The molecule has 1 aliphatic heterocycles. The van der Waals surface area contributed by atoms with E-state index in [4.69, 9.17) is 0 Å². The second-order valence-corrected chi connectivity index (χ2v) is 7.30. The fraction of sp³-hybridized carbons (Fsp3) is 0.421. The van der Waals surface area contributed by atoms with Crippen molar-refractivity contribution >= 4 is 11.9 Å². The molecule has 0 bridgehead atoms. The van der Waals surface area contributed by atoms with Gasteiger partial charge >= 0.3 is 6.03 Å². The van der Waals surface area contributed by atoms with Gasteiger partial charge in [-0.05, 0) is 36.6 Å². The van der Waals surface area contributed by atoms with Crippen LogP contribution in [0.5, 0.6) is 0 Å². The van der Waals surface area contributed by atoms with E-state index in [9.17, 15) is 14.0 Å². The maximum absolute atomic E-state index is 13.2. The number of urea groups is 1. The molecule has 8 heteroatoms. The quantitative estimate of drug-likeness (QED) is 0.839. The van der Waals surface area contributed by atoms with Gasteiger partial charge in [-0.25, -0.2) is 9.18 Å². The molecule has 4 rings (SSSR count). The highest BCUT2D eigenvalue weighted by Gasteiger charge is 2.44. The van der Waals surface area contributed by atoms with Gasteiger partial charge in [0.1, 0.15) is 11.9 Å². The molecule has 27 heavy (non-hydrogen) atoms. The van der Waals surface area contributed by atoms with E-state index in [0.29, 0.717) is 25.2 Å². The second kappa shape index (κ2) is 7.02. The molecule has 1 saturated heterocycles. The van der Waals surface area contributed by atoms with Crippen LogP contribution in [0.25, 0.3) is 0 Å². The third kappa shape index (κ3) is 3.79. The van der Waals surface area contributed by atoms with Gasteiger partial charge in [-0.15, -0.1) is 0 Å². The molecule has 1 aromatic carbocycles. The summed E-state index contributed by atoms with van der Waals surface area (Å²) in [4.78, 5) is 26.7. The standard InChI is InChI=1S/C19H22FN5O2/c20-15-4-2-14(3-5-15)16-17(26)21-9-11-25(16)18(27)22-12-19(6-7-19)13-24-10-1-8-23-24/h1-5,8,10,16H,6-7,9,11-13H2,(H,21,26)(H,22,27). The van der Waals surface area contributed by atoms with Crippen molar-refractivity contribution in [2.75, 3.05) is 19.6 Å². The number of rotatable bonds is 5. The normalized spacial score (nSPS) is 20.9. The van der Waals surface area contributed by atoms with Crippen LogP contribution in [0.4, 0.5) is 9.18 Å². The van der Waals surface area contributed by atoms with Crippen LogP contribution in [-0.4, -0.2) is 46.3 Å². The molecule has 2 N–H and O–H groups in total. The zero-order valence-electron chi connectivity index (χ0n) is 14.9. The van der Waals surface area contributed by atoms with E-state index in [1.54, 1.807) is 18.3 Å². The van der Waals surface area contributed by atoms with Gasteiger partial charge in [0.2, 0.25) is 5.91 Å². The first-order valence-corrected chi connectivity index (χ1v) is 9.11. The predicted molar refractivity (Wildman–Crippen MR) is 96.1 cm³/mol. The molecule has 142 valence electrons. The van der Waals surface area contributed by atoms with Crippen molar-refractivity contribution in [2.24, 2.45) is 5.41 Å². The summed E-state index contributed by atoms with van der Waals surface area (Å²) in [6.07, 6.45) is 5.74. The Morgan fingerprint density at radius 2 is 2.11 bits per heavy atom. The Balaban J connectivity index is 1.43. The summed E-state index contributed by atoms with van der Waals surface area (Å²) in [6.45, 7) is 2.12. The van der Waals surface area contributed by atoms with Crippen molar-refractivity contribution in [3.05, 3.63) is 54.1 Å². The molecule has 3 amide bonds. The molecule has 1 aliphatic carbocycles. The number of aromatic nitrogens is 2. The zero-order valence-corrected chi connectivity index (χ0v) is 14.9. The van der Waals surface area contributed by atoms with Crippen LogP contribution in [0.15, 0.2) is 42.7 Å². The van der Waals surface area contributed by atoms with E-state index in [0.717, 1.165) is 19.4 Å². The van der Waals surface area contributed by atoms with Gasteiger partial charge in [0.05, 0.1) is 0 Å². The van der Waals surface area contributed by atoms with E-state index in [1.165, 1.54) is 17.0 Å². The van der Waals surface area contributed by atoms with Crippen LogP contribution in [0, 0.1) is 11.2 Å². The summed E-state index contributed by atoms with van der Waals surface area (Å²) < 4.78 is 15.1. The van der Waals surface area contributed by atoms with Gasteiger partial charge in [-0.1, -0.05) is 12.1 Å². The number of benzene rings is 1. The minimum Gasteiger partial charge on any atom is -0.352 e. The maximum atomic E-state index is 13.2. The lowest BCUT2D eigenvalue weighted by molar-refractivity contribution is -0.127. The largest absolute Gasteiger partial charge is 0.352 e. The Kier molecular flexibility index (Phi) is 4.55. The van der Waals surface area contributed by atoms with E-state index in [1.807, 2.05) is 16.9 Å². The summed E-state index contributed by atoms with van der Waals surface area (Å²) in [6, 6.07) is 6.56. The van der Waals surface area contributed by atoms with Crippen LogP contribution in [0.2, 0.25) is 0 Å². The molecule has 2 aromatic rings. The maximum Gasteiger partial charge on any atom is 0.318 e. The number of amides is 3. The van der Waals surface area contributed by atoms with Gasteiger partial charge in [0, 0.05) is 44.0 Å². The molecular weight excluding hydrogens is 349 g/mol. The molecule has 2 aliphatic rings.